The third kappa shape index (κ3) is 2.72. The summed E-state index contributed by atoms with van der Waals surface area (Å²) in [6, 6.07) is 0.792. The fourth-order valence-corrected chi connectivity index (χ4v) is 2.06. The molecule has 5 heteroatoms. The second-order valence-corrected chi connectivity index (χ2v) is 4.77. The molecule has 18 heavy (non-hydrogen) atoms. The lowest BCUT2D eigenvalue weighted by molar-refractivity contribution is -0.143. The SMILES string of the molecule is Cc1cc(C(=O)N(C)C(C(=O)O)C(C)C)c(C)o1. The predicted molar refractivity (Wildman–Crippen MR) is 66.5 cm³/mol. The number of hydrogen-bond donors (Lipinski definition) is 1. The van der Waals surface area contributed by atoms with Crippen LogP contribution in [-0.4, -0.2) is 35.0 Å². The third-order valence-electron chi connectivity index (χ3n) is 2.89. The van der Waals surface area contributed by atoms with Crippen molar-refractivity contribution in [3.8, 4) is 0 Å². The monoisotopic (exact) mass is 253 g/mol. The van der Waals surface area contributed by atoms with Gasteiger partial charge in [-0.3, -0.25) is 4.79 Å². The lowest BCUT2D eigenvalue weighted by Crippen LogP contribution is -2.45. The summed E-state index contributed by atoms with van der Waals surface area (Å²) in [5.41, 5.74) is 0.418. The van der Waals surface area contributed by atoms with E-state index in [0.29, 0.717) is 17.1 Å². The number of furan rings is 1. The first-order valence-corrected chi connectivity index (χ1v) is 5.82. The first-order chi connectivity index (χ1) is 8.25. The van der Waals surface area contributed by atoms with E-state index in [-0.39, 0.29) is 11.8 Å². The van der Waals surface area contributed by atoms with E-state index in [9.17, 15) is 9.59 Å². The standard InChI is InChI=1S/C13H19NO4/c1-7(2)11(13(16)17)14(5)12(15)10-6-8(3)18-9(10)4/h6-7,11H,1-5H3,(H,16,17). The summed E-state index contributed by atoms with van der Waals surface area (Å²) in [5, 5.41) is 9.17. The Morgan fingerprint density at radius 3 is 2.22 bits per heavy atom. The number of rotatable bonds is 4. The summed E-state index contributed by atoms with van der Waals surface area (Å²) in [6.45, 7) is 6.99. The molecule has 0 bridgehead atoms. The number of likely N-dealkylation sites (N-methyl/N-ethyl adjacent to an activating group) is 1. The molecule has 1 aromatic heterocycles. The van der Waals surface area contributed by atoms with Gasteiger partial charge in [-0.1, -0.05) is 13.8 Å². The van der Waals surface area contributed by atoms with E-state index in [1.807, 2.05) is 0 Å². The second kappa shape index (κ2) is 5.25. The van der Waals surface area contributed by atoms with E-state index < -0.39 is 12.0 Å². The van der Waals surface area contributed by atoms with Crippen LogP contribution in [0.3, 0.4) is 0 Å². The average Bonchev–Trinajstić information content (AvgIpc) is 2.55. The van der Waals surface area contributed by atoms with Crippen LogP contribution in [0.1, 0.15) is 35.7 Å². The molecule has 1 N–H and O–H groups in total. The van der Waals surface area contributed by atoms with E-state index in [2.05, 4.69) is 0 Å². The van der Waals surface area contributed by atoms with E-state index in [1.54, 1.807) is 33.8 Å². The molecule has 0 aromatic carbocycles. The third-order valence-corrected chi connectivity index (χ3v) is 2.89. The first-order valence-electron chi connectivity index (χ1n) is 5.82. The Bertz CT molecular complexity index is 462. The number of aliphatic carboxylic acids is 1. The fourth-order valence-electron chi connectivity index (χ4n) is 2.06. The van der Waals surface area contributed by atoms with E-state index in [0.717, 1.165) is 0 Å². The Hall–Kier alpha value is -1.78. The van der Waals surface area contributed by atoms with E-state index in [1.165, 1.54) is 11.9 Å². The predicted octanol–water partition coefficient (Wildman–Crippen LogP) is 2.08. The van der Waals surface area contributed by atoms with Crippen LogP contribution in [0.25, 0.3) is 0 Å². The lowest BCUT2D eigenvalue weighted by Gasteiger charge is -2.27. The highest BCUT2D eigenvalue weighted by Gasteiger charge is 2.31. The van der Waals surface area contributed by atoms with Gasteiger partial charge in [0.05, 0.1) is 5.56 Å². The van der Waals surface area contributed by atoms with Gasteiger partial charge in [0, 0.05) is 7.05 Å². The number of hydrogen-bond acceptors (Lipinski definition) is 3. The molecule has 0 fully saturated rings. The van der Waals surface area contributed by atoms with Crippen LogP contribution in [0.4, 0.5) is 0 Å². The van der Waals surface area contributed by atoms with Crippen molar-refractivity contribution in [2.24, 2.45) is 5.92 Å². The number of amides is 1. The molecule has 1 amide bonds. The number of aryl methyl sites for hydroxylation is 2. The van der Waals surface area contributed by atoms with Crippen molar-refractivity contribution in [1.82, 2.24) is 4.90 Å². The maximum atomic E-state index is 12.2. The summed E-state index contributed by atoms with van der Waals surface area (Å²) in [7, 11) is 1.50. The van der Waals surface area contributed by atoms with Gasteiger partial charge in [0.1, 0.15) is 17.6 Å². The van der Waals surface area contributed by atoms with E-state index in [4.69, 9.17) is 9.52 Å². The van der Waals surface area contributed by atoms with Crippen LogP contribution in [0, 0.1) is 19.8 Å². The minimum Gasteiger partial charge on any atom is -0.480 e. The fraction of sp³-hybridized carbons (Fsp3) is 0.538. The van der Waals surface area contributed by atoms with Crippen molar-refractivity contribution in [2.45, 2.75) is 33.7 Å². The maximum Gasteiger partial charge on any atom is 0.326 e. The Kier molecular flexibility index (Phi) is 4.16. The lowest BCUT2D eigenvalue weighted by atomic mass is 10.0. The highest BCUT2D eigenvalue weighted by atomic mass is 16.4. The van der Waals surface area contributed by atoms with Crippen molar-refractivity contribution in [2.75, 3.05) is 7.05 Å². The molecule has 0 radical (unpaired) electrons. The van der Waals surface area contributed by atoms with Gasteiger partial charge in [0.25, 0.3) is 5.91 Å². The van der Waals surface area contributed by atoms with Crippen molar-refractivity contribution in [1.29, 1.82) is 0 Å². The number of carboxylic acids is 1. The molecule has 0 aliphatic carbocycles. The molecule has 0 saturated carbocycles. The van der Waals surface area contributed by atoms with Gasteiger partial charge in [0.15, 0.2) is 0 Å². The zero-order valence-corrected chi connectivity index (χ0v) is 11.4. The average molecular weight is 253 g/mol. The minimum absolute atomic E-state index is 0.162. The summed E-state index contributed by atoms with van der Waals surface area (Å²) in [5.74, 6) is -0.341. The van der Waals surface area contributed by atoms with Crippen molar-refractivity contribution < 1.29 is 19.1 Å². The van der Waals surface area contributed by atoms with Gasteiger partial charge in [-0.2, -0.15) is 0 Å². The molecule has 1 aromatic rings. The normalized spacial score (nSPS) is 12.6. The van der Waals surface area contributed by atoms with Gasteiger partial charge >= 0.3 is 5.97 Å². The zero-order chi connectivity index (χ0) is 14.0. The molecule has 0 saturated heterocycles. The van der Waals surface area contributed by atoms with Crippen LogP contribution in [0.15, 0.2) is 10.5 Å². The Balaban J connectivity index is 3.03. The largest absolute Gasteiger partial charge is 0.480 e. The van der Waals surface area contributed by atoms with Crippen LogP contribution in [0.5, 0.6) is 0 Å². The molecule has 0 aliphatic heterocycles. The van der Waals surface area contributed by atoms with Gasteiger partial charge < -0.3 is 14.4 Å². The molecule has 100 valence electrons. The summed E-state index contributed by atoms with van der Waals surface area (Å²) in [6.07, 6.45) is 0. The van der Waals surface area contributed by atoms with E-state index >= 15 is 0 Å². The highest BCUT2D eigenvalue weighted by molar-refractivity contribution is 5.97. The number of carbonyl (C=O) groups excluding carboxylic acids is 1. The van der Waals surface area contributed by atoms with Crippen molar-refractivity contribution in [3.63, 3.8) is 0 Å². The highest BCUT2D eigenvalue weighted by Crippen LogP contribution is 2.18. The molecule has 0 spiro atoms. The maximum absolute atomic E-state index is 12.2. The Morgan fingerprint density at radius 1 is 1.33 bits per heavy atom. The van der Waals surface area contributed by atoms with Crippen LogP contribution < -0.4 is 0 Å². The molecular weight excluding hydrogens is 234 g/mol. The molecule has 0 aliphatic rings. The zero-order valence-electron chi connectivity index (χ0n) is 11.4. The van der Waals surface area contributed by atoms with Crippen LogP contribution >= 0.6 is 0 Å². The van der Waals surface area contributed by atoms with Gasteiger partial charge in [0.2, 0.25) is 0 Å². The molecule has 1 heterocycles. The Morgan fingerprint density at radius 2 is 1.89 bits per heavy atom. The molecule has 1 unspecified atom stereocenters. The molecule has 1 rings (SSSR count). The second-order valence-electron chi connectivity index (χ2n) is 4.77. The molecular formula is C13H19NO4. The topological polar surface area (TPSA) is 70.8 Å². The number of carbonyl (C=O) groups is 2. The number of nitrogens with zero attached hydrogens (tertiary/aromatic N) is 1. The van der Waals surface area contributed by atoms with Crippen molar-refractivity contribution in [3.05, 3.63) is 23.2 Å². The Labute approximate surface area is 106 Å². The molecule has 5 nitrogen and oxygen atoms in total. The van der Waals surface area contributed by atoms with Crippen LogP contribution in [0.2, 0.25) is 0 Å². The number of carboxylic acid groups (broad SMARTS) is 1. The molecule has 1 atom stereocenters. The summed E-state index contributed by atoms with van der Waals surface area (Å²) >= 11 is 0. The van der Waals surface area contributed by atoms with Gasteiger partial charge in [-0.15, -0.1) is 0 Å². The smallest absolute Gasteiger partial charge is 0.326 e. The van der Waals surface area contributed by atoms with Crippen molar-refractivity contribution >= 4 is 11.9 Å². The van der Waals surface area contributed by atoms with Gasteiger partial charge in [-0.05, 0) is 25.8 Å². The van der Waals surface area contributed by atoms with Crippen LogP contribution in [-0.2, 0) is 4.79 Å². The summed E-state index contributed by atoms with van der Waals surface area (Å²) < 4.78 is 5.29. The van der Waals surface area contributed by atoms with Gasteiger partial charge in [-0.25, -0.2) is 4.79 Å². The first kappa shape index (κ1) is 14.3. The quantitative estimate of drug-likeness (QED) is 0.891. The minimum atomic E-state index is -1.00. The summed E-state index contributed by atoms with van der Waals surface area (Å²) in [4.78, 5) is 24.7.